The van der Waals surface area contributed by atoms with E-state index in [4.69, 9.17) is 9.47 Å². The van der Waals surface area contributed by atoms with Gasteiger partial charge in [-0.05, 0) is 12.1 Å². The van der Waals surface area contributed by atoms with Gasteiger partial charge >= 0.3 is 0 Å². The lowest BCUT2D eigenvalue weighted by atomic mass is 10.1. The van der Waals surface area contributed by atoms with Gasteiger partial charge in [0.05, 0.1) is 19.8 Å². The summed E-state index contributed by atoms with van der Waals surface area (Å²) in [4.78, 5) is 1.93. The lowest BCUT2D eigenvalue weighted by Crippen LogP contribution is -2.32. The normalized spacial score (nSPS) is 10.9. The van der Waals surface area contributed by atoms with Crippen LogP contribution < -0.4 is 10.2 Å². The molecule has 120 valence electrons. The predicted octanol–water partition coefficient (Wildman–Crippen LogP) is 1.01. The number of methoxy groups -OCH3 is 2. The van der Waals surface area contributed by atoms with Crippen LogP contribution in [0.25, 0.3) is 0 Å². The van der Waals surface area contributed by atoms with E-state index in [2.05, 4.69) is 5.32 Å². The van der Waals surface area contributed by atoms with E-state index < -0.39 is 0 Å². The maximum atomic E-state index is 14.1. The molecular weight excluding hydrogens is 275 g/mol. The molecule has 2 N–H and O–H groups in total. The lowest BCUT2D eigenvalue weighted by molar-refractivity contribution is 0.199. The van der Waals surface area contributed by atoms with Gasteiger partial charge in [-0.25, -0.2) is 4.39 Å². The number of benzene rings is 1. The number of hydrogen-bond acceptors (Lipinski definition) is 5. The van der Waals surface area contributed by atoms with Gasteiger partial charge in [0.1, 0.15) is 5.82 Å². The first kappa shape index (κ1) is 17.8. The Morgan fingerprint density at radius 3 is 2.62 bits per heavy atom. The minimum absolute atomic E-state index is 0.0107. The van der Waals surface area contributed by atoms with Crippen molar-refractivity contribution in [1.29, 1.82) is 0 Å². The Bertz CT molecular complexity index is 405. The Balaban J connectivity index is 2.84. The Kier molecular flexibility index (Phi) is 8.93. The van der Waals surface area contributed by atoms with Crippen LogP contribution in [0.4, 0.5) is 10.1 Å². The highest BCUT2D eigenvalue weighted by Gasteiger charge is 2.14. The van der Waals surface area contributed by atoms with Crippen LogP contribution >= 0.6 is 0 Å². The molecule has 1 aromatic rings. The molecule has 0 saturated carbocycles. The zero-order valence-electron chi connectivity index (χ0n) is 12.8. The molecule has 0 bridgehead atoms. The van der Waals surface area contributed by atoms with E-state index in [1.807, 2.05) is 11.0 Å². The van der Waals surface area contributed by atoms with Crippen molar-refractivity contribution in [2.75, 3.05) is 58.6 Å². The number of aliphatic hydroxyl groups is 1. The number of aliphatic hydroxyl groups excluding tert-OH is 1. The van der Waals surface area contributed by atoms with Crippen LogP contribution in [-0.4, -0.2) is 58.8 Å². The molecule has 0 heterocycles. The number of nitrogens with one attached hydrogen (secondary N) is 1. The Morgan fingerprint density at radius 1 is 1.19 bits per heavy atom. The fourth-order valence-electron chi connectivity index (χ4n) is 2.08. The number of ether oxygens (including phenoxy) is 2. The van der Waals surface area contributed by atoms with Gasteiger partial charge in [-0.1, -0.05) is 6.07 Å². The molecule has 0 amide bonds. The minimum atomic E-state index is -0.252. The minimum Gasteiger partial charge on any atom is -0.395 e. The van der Waals surface area contributed by atoms with Gasteiger partial charge in [-0.2, -0.15) is 0 Å². The monoisotopic (exact) mass is 300 g/mol. The molecule has 5 nitrogen and oxygen atoms in total. The molecule has 0 spiro atoms. The summed E-state index contributed by atoms with van der Waals surface area (Å²) in [6.07, 6.45) is 0. The quantitative estimate of drug-likeness (QED) is 0.597. The molecule has 1 aromatic carbocycles. The number of hydrogen-bond donors (Lipinski definition) is 2. The van der Waals surface area contributed by atoms with Crippen LogP contribution in [-0.2, 0) is 16.0 Å². The van der Waals surface area contributed by atoms with E-state index in [0.717, 1.165) is 5.69 Å². The van der Waals surface area contributed by atoms with Gasteiger partial charge in [0.2, 0.25) is 0 Å². The van der Waals surface area contributed by atoms with Crippen LogP contribution in [0.15, 0.2) is 18.2 Å². The highest BCUT2D eigenvalue weighted by atomic mass is 19.1. The van der Waals surface area contributed by atoms with E-state index in [-0.39, 0.29) is 12.4 Å². The first-order chi connectivity index (χ1) is 10.2. The number of rotatable bonds is 11. The number of anilines is 1. The van der Waals surface area contributed by atoms with Crippen molar-refractivity contribution >= 4 is 5.69 Å². The molecule has 6 heteroatoms. The summed E-state index contributed by atoms with van der Waals surface area (Å²) < 4.78 is 24.1. The average molecular weight is 300 g/mol. The molecule has 21 heavy (non-hydrogen) atoms. The molecule has 0 saturated heterocycles. The van der Waals surface area contributed by atoms with E-state index in [9.17, 15) is 9.50 Å². The molecule has 0 radical (unpaired) electrons. The van der Waals surface area contributed by atoms with Crippen LogP contribution in [0, 0.1) is 5.82 Å². The van der Waals surface area contributed by atoms with Crippen LogP contribution in [0.3, 0.4) is 0 Å². The van der Waals surface area contributed by atoms with Gasteiger partial charge in [0.15, 0.2) is 0 Å². The van der Waals surface area contributed by atoms with Crippen LogP contribution in [0.5, 0.6) is 0 Å². The molecular formula is C15H25FN2O3. The Hall–Kier alpha value is -1.21. The van der Waals surface area contributed by atoms with Gasteiger partial charge in [0, 0.05) is 51.6 Å². The Labute approximate surface area is 125 Å². The summed E-state index contributed by atoms with van der Waals surface area (Å²) >= 11 is 0. The zero-order valence-corrected chi connectivity index (χ0v) is 12.8. The standard InChI is InChI=1S/C15H25FN2O3/c1-20-10-6-17-12-13-14(16)4-3-5-15(13)18(7-9-19)8-11-21-2/h3-5,17,19H,6-12H2,1-2H3. The number of halogens is 1. The molecule has 0 aromatic heterocycles. The first-order valence-corrected chi connectivity index (χ1v) is 7.06. The molecule has 0 aliphatic carbocycles. The average Bonchev–Trinajstić information content (AvgIpc) is 2.49. The summed E-state index contributed by atoms with van der Waals surface area (Å²) in [7, 11) is 3.25. The molecule has 0 aliphatic heterocycles. The maximum absolute atomic E-state index is 14.1. The molecule has 1 rings (SSSR count). The second-order valence-corrected chi connectivity index (χ2v) is 4.61. The van der Waals surface area contributed by atoms with Crippen molar-refractivity contribution in [3.63, 3.8) is 0 Å². The maximum Gasteiger partial charge on any atom is 0.129 e. The Morgan fingerprint density at radius 2 is 1.95 bits per heavy atom. The lowest BCUT2D eigenvalue weighted by Gasteiger charge is -2.26. The van der Waals surface area contributed by atoms with Gasteiger partial charge in [-0.3, -0.25) is 0 Å². The third kappa shape index (κ3) is 5.97. The van der Waals surface area contributed by atoms with Crippen molar-refractivity contribution in [1.82, 2.24) is 5.32 Å². The first-order valence-electron chi connectivity index (χ1n) is 7.06. The highest BCUT2D eigenvalue weighted by Crippen LogP contribution is 2.23. The van der Waals surface area contributed by atoms with Gasteiger partial charge in [-0.15, -0.1) is 0 Å². The largest absolute Gasteiger partial charge is 0.395 e. The summed E-state index contributed by atoms with van der Waals surface area (Å²) in [5.41, 5.74) is 1.38. The fraction of sp³-hybridized carbons (Fsp3) is 0.600. The van der Waals surface area contributed by atoms with Crippen LogP contribution in [0.2, 0.25) is 0 Å². The molecule has 0 fully saturated rings. The molecule has 0 atom stereocenters. The fourth-order valence-corrected chi connectivity index (χ4v) is 2.08. The predicted molar refractivity (Wildman–Crippen MR) is 81.2 cm³/mol. The summed E-state index contributed by atoms with van der Waals surface area (Å²) in [5.74, 6) is -0.252. The van der Waals surface area contributed by atoms with Gasteiger partial charge in [0.25, 0.3) is 0 Å². The highest BCUT2D eigenvalue weighted by molar-refractivity contribution is 5.54. The smallest absolute Gasteiger partial charge is 0.129 e. The van der Waals surface area contributed by atoms with E-state index in [1.165, 1.54) is 6.07 Å². The van der Waals surface area contributed by atoms with Crippen molar-refractivity contribution in [2.45, 2.75) is 6.54 Å². The topological polar surface area (TPSA) is 54.0 Å². The summed E-state index contributed by atoms with van der Waals surface area (Å²) in [6, 6.07) is 4.99. The van der Waals surface area contributed by atoms with Crippen molar-refractivity contribution in [2.24, 2.45) is 0 Å². The van der Waals surface area contributed by atoms with Crippen molar-refractivity contribution < 1.29 is 19.0 Å². The molecule has 0 aliphatic rings. The third-order valence-electron chi connectivity index (χ3n) is 3.15. The molecule has 0 unspecified atom stereocenters. The SMILES string of the molecule is COCCNCc1c(F)cccc1N(CCO)CCOC. The second-order valence-electron chi connectivity index (χ2n) is 4.61. The number of nitrogens with zero attached hydrogens (tertiary/aromatic N) is 1. The van der Waals surface area contributed by atoms with E-state index >= 15 is 0 Å². The van der Waals surface area contributed by atoms with E-state index in [1.54, 1.807) is 20.3 Å². The summed E-state index contributed by atoms with van der Waals surface area (Å²) in [6.45, 7) is 3.23. The van der Waals surface area contributed by atoms with E-state index in [0.29, 0.717) is 45.0 Å². The zero-order chi connectivity index (χ0) is 15.5. The van der Waals surface area contributed by atoms with Crippen molar-refractivity contribution in [3.8, 4) is 0 Å². The summed E-state index contributed by atoms with van der Waals surface area (Å²) in [5, 5.41) is 12.3. The third-order valence-corrected chi connectivity index (χ3v) is 3.15. The second kappa shape index (κ2) is 10.5. The van der Waals surface area contributed by atoms with Crippen molar-refractivity contribution in [3.05, 3.63) is 29.6 Å². The van der Waals surface area contributed by atoms with Gasteiger partial charge < -0.3 is 24.8 Å². The van der Waals surface area contributed by atoms with Crippen LogP contribution in [0.1, 0.15) is 5.56 Å².